The molecule has 2 atom stereocenters. The number of quaternary nitrogens is 1. The molecule has 0 bridgehead atoms. The van der Waals surface area contributed by atoms with Crippen LogP contribution >= 0.6 is 7.82 Å². The normalized spacial score (nSPS) is 13.9. The molecule has 0 aliphatic carbocycles. The van der Waals surface area contributed by atoms with Crippen LogP contribution in [0.2, 0.25) is 0 Å². The summed E-state index contributed by atoms with van der Waals surface area (Å²) in [5.74, 6) is -0.689. The highest BCUT2D eigenvalue weighted by Crippen LogP contribution is 2.43. The van der Waals surface area contributed by atoms with Crippen LogP contribution < -0.4 is 0 Å². The van der Waals surface area contributed by atoms with Gasteiger partial charge in [0.15, 0.2) is 11.9 Å². The number of rotatable bonds is 42. The summed E-state index contributed by atoms with van der Waals surface area (Å²) in [4.78, 5) is 47.2. The number of hydrogen-bond acceptors (Lipinski definition) is 8. The second-order valence-corrected chi connectivity index (χ2v) is 18.3. The fourth-order valence-electron chi connectivity index (χ4n) is 6.08. The second kappa shape index (κ2) is 39.8. The molecule has 0 amide bonds. The third-order valence-electron chi connectivity index (χ3n) is 9.81. The monoisotopic (exact) mass is 853 g/mol. The zero-order valence-corrected chi connectivity index (χ0v) is 39.1. The number of carbonyl (C=O) groups excluding carboxylic acids is 3. The van der Waals surface area contributed by atoms with E-state index in [0.29, 0.717) is 23.9 Å². The van der Waals surface area contributed by atoms with Gasteiger partial charge in [-0.25, -0.2) is 4.57 Å². The molecule has 1 N–H and O–H groups in total. The molecule has 0 aliphatic rings. The Morgan fingerprint density at radius 3 is 1.64 bits per heavy atom. The lowest BCUT2D eigenvalue weighted by atomic mass is 10.1. The summed E-state index contributed by atoms with van der Waals surface area (Å²) >= 11 is 0. The number of unbranched alkanes of at least 4 members (excludes halogenated alkanes) is 19. The van der Waals surface area contributed by atoms with Crippen LogP contribution in [-0.2, 0) is 37.5 Å². The molecule has 0 fully saturated rings. The van der Waals surface area contributed by atoms with Crippen molar-refractivity contribution in [2.45, 2.75) is 193 Å². The molecule has 0 aromatic rings. The molecule has 0 radical (unpaired) electrons. The summed E-state index contributed by atoms with van der Waals surface area (Å²) in [5.41, 5.74) is 0. The van der Waals surface area contributed by atoms with E-state index in [4.69, 9.17) is 18.5 Å². The molecule has 0 saturated carbocycles. The van der Waals surface area contributed by atoms with Crippen molar-refractivity contribution < 1.29 is 46.8 Å². The average Bonchev–Trinajstić information content (AvgIpc) is 3.18. The van der Waals surface area contributed by atoms with E-state index >= 15 is 0 Å². The van der Waals surface area contributed by atoms with E-state index in [9.17, 15) is 23.8 Å². The van der Waals surface area contributed by atoms with Gasteiger partial charge >= 0.3 is 19.8 Å². The molecule has 10 nitrogen and oxygen atoms in total. The molecular weight excluding hydrogens is 765 g/mol. The first-order valence-corrected chi connectivity index (χ1v) is 24.8. The van der Waals surface area contributed by atoms with Gasteiger partial charge in [-0.1, -0.05) is 146 Å². The Labute approximate surface area is 360 Å². The number of phosphoric ester groups is 1. The average molecular weight is 853 g/mol. The third-order valence-corrected chi connectivity index (χ3v) is 10.8. The van der Waals surface area contributed by atoms with Gasteiger partial charge in [0, 0.05) is 19.3 Å². The van der Waals surface area contributed by atoms with Crippen molar-refractivity contribution >= 4 is 25.5 Å². The topological polar surface area (TPSA) is 125 Å². The Morgan fingerprint density at radius 2 is 1.07 bits per heavy atom. The maximum atomic E-state index is 12.7. The van der Waals surface area contributed by atoms with Crippen LogP contribution in [-0.4, -0.2) is 80.7 Å². The number of ketones is 1. The lowest BCUT2D eigenvalue weighted by Crippen LogP contribution is -2.37. The number of carbonyl (C=O) groups is 3. The number of phosphoric acid groups is 1. The summed E-state index contributed by atoms with van der Waals surface area (Å²) in [7, 11) is 1.42. The highest BCUT2D eigenvalue weighted by molar-refractivity contribution is 7.47. The Morgan fingerprint density at radius 1 is 0.576 bits per heavy atom. The molecule has 59 heavy (non-hydrogen) atoms. The van der Waals surface area contributed by atoms with Crippen molar-refractivity contribution in [3.8, 4) is 0 Å². The molecule has 342 valence electrons. The highest BCUT2D eigenvalue weighted by atomic mass is 31.2. The Balaban J connectivity index is 4.38. The van der Waals surface area contributed by atoms with Crippen molar-refractivity contribution in [1.82, 2.24) is 0 Å². The Hall–Kier alpha value is -2.36. The Kier molecular flexibility index (Phi) is 38.2. The molecule has 11 heteroatoms. The van der Waals surface area contributed by atoms with Crippen LogP contribution in [0.1, 0.15) is 187 Å². The first-order valence-electron chi connectivity index (χ1n) is 23.3. The van der Waals surface area contributed by atoms with Crippen LogP contribution in [0, 0.1) is 0 Å². The van der Waals surface area contributed by atoms with E-state index in [1.165, 1.54) is 57.8 Å². The smallest absolute Gasteiger partial charge is 0.462 e. The van der Waals surface area contributed by atoms with Gasteiger partial charge in [-0.15, -0.1) is 0 Å². The third kappa shape index (κ3) is 43.5. The minimum absolute atomic E-state index is 0.0137. The van der Waals surface area contributed by atoms with Gasteiger partial charge in [0.2, 0.25) is 0 Å². The number of likely N-dealkylation sites (N-methyl/N-ethyl adjacent to an activating group) is 1. The lowest BCUT2D eigenvalue weighted by Gasteiger charge is -2.24. The maximum absolute atomic E-state index is 12.7. The van der Waals surface area contributed by atoms with Crippen LogP contribution in [0.5, 0.6) is 0 Å². The summed E-state index contributed by atoms with van der Waals surface area (Å²) in [6.07, 6.45) is 42.8. The minimum atomic E-state index is -4.40. The SMILES string of the molecule is CCCCC/C=C\C/C=C\CCCCCCCCCCCC(=O)OC[C@H](COP(=O)(O)OCC[N+](C)(C)C)OC(=O)CCCCCCC/C=C\C=C\C(=O)CCCCC. The summed E-state index contributed by atoms with van der Waals surface area (Å²) < 4.78 is 34.3. The highest BCUT2D eigenvalue weighted by Gasteiger charge is 2.27. The van der Waals surface area contributed by atoms with E-state index in [1.54, 1.807) is 6.08 Å². The van der Waals surface area contributed by atoms with Gasteiger partial charge in [0.1, 0.15) is 19.8 Å². The summed E-state index contributed by atoms with van der Waals surface area (Å²) in [6.45, 7) is 4.18. The van der Waals surface area contributed by atoms with Crippen LogP contribution in [0.4, 0.5) is 0 Å². The number of nitrogens with zero attached hydrogens (tertiary/aromatic N) is 1. The van der Waals surface area contributed by atoms with Crippen molar-refractivity contribution in [1.29, 1.82) is 0 Å². The molecule has 0 aliphatic heterocycles. The number of ether oxygens (including phenoxy) is 2. The van der Waals surface area contributed by atoms with Gasteiger partial charge in [-0.05, 0) is 70.3 Å². The Bertz CT molecular complexity index is 1210. The molecule has 1 unspecified atom stereocenters. The van der Waals surface area contributed by atoms with Gasteiger partial charge < -0.3 is 18.9 Å². The van der Waals surface area contributed by atoms with Crippen LogP contribution in [0.25, 0.3) is 0 Å². The molecule has 0 spiro atoms. The summed E-state index contributed by atoms with van der Waals surface area (Å²) in [6, 6.07) is 0. The molecule has 0 aromatic carbocycles. The first-order chi connectivity index (χ1) is 28.4. The van der Waals surface area contributed by atoms with E-state index in [0.717, 1.165) is 89.9 Å². The van der Waals surface area contributed by atoms with Gasteiger partial charge in [0.05, 0.1) is 27.7 Å². The summed E-state index contributed by atoms with van der Waals surface area (Å²) in [5, 5.41) is 0. The van der Waals surface area contributed by atoms with Gasteiger partial charge in [0.25, 0.3) is 0 Å². The van der Waals surface area contributed by atoms with E-state index < -0.39 is 32.5 Å². The quantitative estimate of drug-likeness (QED) is 0.0121. The standard InChI is InChI=1S/C48H86NO9P/c1-6-8-10-11-12-13-14-15-16-17-18-19-20-21-22-25-28-31-35-39-47(51)55-43-46(44-57-59(53,54)56-42-41-49(3,4)5)58-48(52)40-36-32-29-26-23-24-27-30-34-38-45(50)37-33-9-7-2/h12-13,15-16,27,30,34,38,46H,6-11,14,17-26,28-29,31-33,35-37,39-44H2,1-5H3/p+1/b13-12-,16-15-,30-27-,38-34+/t46-/m1/s1. The van der Waals surface area contributed by atoms with E-state index in [1.807, 2.05) is 33.3 Å². The molecular formula is C48H87NO9P+. The predicted octanol–water partition coefficient (Wildman–Crippen LogP) is 12.6. The molecule has 0 aromatic heterocycles. The van der Waals surface area contributed by atoms with Gasteiger partial charge in [-0.3, -0.25) is 23.4 Å². The first kappa shape index (κ1) is 56.6. The van der Waals surface area contributed by atoms with Crippen molar-refractivity contribution in [2.24, 2.45) is 0 Å². The number of hydrogen-bond donors (Lipinski definition) is 1. The molecule has 0 saturated heterocycles. The van der Waals surface area contributed by atoms with Crippen LogP contribution in [0.3, 0.4) is 0 Å². The zero-order valence-electron chi connectivity index (χ0n) is 38.2. The fourth-order valence-corrected chi connectivity index (χ4v) is 6.83. The molecule has 0 rings (SSSR count). The fraction of sp³-hybridized carbons (Fsp3) is 0.771. The maximum Gasteiger partial charge on any atom is 0.472 e. The van der Waals surface area contributed by atoms with E-state index in [-0.39, 0.29) is 31.8 Å². The molecule has 0 heterocycles. The van der Waals surface area contributed by atoms with E-state index in [2.05, 4.69) is 44.2 Å². The minimum Gasteiger partial charge on any atom is -0.462 e. The van der Waals surface area contributed by atoms with Crippen molar-refractivity contribution in [3.63, 3.8) is 0 Å². The number of esters is 2. The number of allylic oxidation sites excluding steroid dienone is 8. The second-order valence-electron chi connectivity index (χ2n) is 16.8. The lowest BCUT2D eigenvalue weighted by molar-refractivity contribution is -0.870. The van der Waals surface area contributed by atoms with Gasteiger partial charge in [-0.2, -0.15) is 0 Å². The van der Waals surface area contributed by atoms with Crippen molar-refractivity contribution in [2.75, 3.05) is 47.5 Å². The zero-order chi connectivity index (χ0) is 43.7. The van der Waals surface area contributed by atoms with Crippen LogP contribution in [0.15, 0.2) is 48.6 Å². The predicted molar refractivity (Wildman–Crippen MR) is 243 cm³/mol. The largest absolute Gasteiger partial charge is 0.472 e. The van der Waals surface area contributed by atoms with Crippen molar-refractivity contribution in [3.05, 3.63) is 48.6 Å².